The highest BCUT2D eigenvalue weighted by molar-refractivity contribution is 7.89. The fourth-order valence-electron chi connectivity index (χ4n) is 2.22. The number of carbonyl (C=O) groups is 1. The topological polar surface area (TPSA) is 88.6 Å². The molecule has 2 rings (SSSR count). The van der Waals surface area contributed by atoms with Crippen molar-refractivity contribution in [1.82, 2.24) is 9.29 Å². The van der Waals surface area contributed by atoms with Gasteiger partial charge in [-0.2, -0.15) is 0 Å². The van der Waals surface area contributed by atoms with Gasteiger partial charge in [0.2, 0.25) is 10.0 Å². The Labute approximate surface area is 158 Å². The molecule has 0 unspecified atom stereocenters. The smallest absolute Gasteiger partial charge is 0.255 e. The van der Waals surface area contributed by atoms with Crippen LogP contribution in [0.5, 0.6) is 5.75 Å². The third-order valence-corrected chi connectivity index (χ3v) is 5.47. The van der Waals surface area contributed by atoms with Crippen LogP contribution in [0, 0.1) is 6.92 Å². The Morgan fingerprint density at radius 2 is 1.96 bits per heavy atom. The number of aromatic nitrogens is 1. The van der Waals surface area contributed by atoms with Crippen LogP contribution >= 0.6 is 11.6 Å². The van der Waals surface area contributed by atoms with E-state index in [1.165, 1.54) is 32.3 Å². The fraction of sp³-hybridized carbons (Fsp3) is 0.294. The third-order valence-electron chi connectivity index (χ3n) is 3.44. The molecule has 0 aliphatic heterocycles. The minimum atomic E-state index is -3.74. The lowest BCUT2D eigenvalue weighted by atomic mass is 10.2. The van der Waals surface area contributed by atoms with Crippen molar-refractivity contribution in [1.29, 1.82) is 0 Å². The highest BCUT2D eigenvalue weighted by atomic mass is 35.5. The molecule has 0 aliphatic rings. The minimum Gasteiger partial charge on any atom is -0.492 e. The van der Waals surface area contributed by atoms with Gasteiger partial charge in [0.1, 0.15) is 15.8 Å². The Morgan fingerprint density at radius 1 is 1.27 bits per heavy atom. The number of nitrogens with zero attached hydrogens (tertiary/aromatic N) is 2. The molecule has 0 fully saturated rings. The molecular formula is C17H20ClN3O4S. The maximum atomic E-state index is 12.5. The molecule has 140 valence electrons. The first-order valence-electron chi connectivity index (χ1n) is 7.80. The molecule has 0 aliphatic carbocycles. The molecule has 1 aromatic carbocycles. The first-order valence-corrected chi connectivity index (χ1v) is 9.62. The summed E-state index contributed by atoms with van der Waals surface area (Å²) in [5, 5.41) is 2.88. The molecule has 0 radical (unpaired) electrons. The minimum absolute atomic E-state index is 0.0221. The molecule has 9 heteroatoms. The Hall–Kier alpha value is -2.16. The lowest BCUT2D eigenvalue weighted by Crippen LogP contribution is -2.23. The summed E-state index contributed by atoms with van der Waals surface area (Å²) in [5.74, 6) is -0.197. The van der Waals surface area contributed by atoms with Gasteiger partial charge in [-0.25, -0.2) is 17.7 Å². The van der Waals surface area contributed by atoms with Gasteiger partial charge in [-0.05, 0) is 44.2 Å². The maximum absolute atomic E-state index is 12.5. The number of carbonyl (C=O) groups excluding carboxylic acids is 1. The van der Waals surface area contributed by atoms with Crippen molar-refractivity contribution < 1.29 is 17.9 Å². The molecule has 0 saturated carbocycles. The average Bonchev–Trinajstić information content (AvgIpc) is 2.55. The summed E-state index contributed by atoms with van der Waals surface area (Å²) in [6, 6.07) is 7.49. The van der Waals surface area contributed by atoms with Crippen LogP contribution in [0.2, 0.25) is 5.15 Å². The first kappa shape index (κ1) is 20.2. The summed E-state index contributed by atoms with van der Waals surface area (Å²) in [6.45, 7) is 3.80. The Balaban J connectivity index is 2.40. The third kappa shape index (κ3) is 4.51. The number of halogens is 1. The van der Waals surface area contributed by atoms with E-state index in [0.717, 1.165) is 4.31 Å². The molecule has 1 amide bonds. The van der Waals surface area contributed by atoms with Crippen LogP contribution < -0.4 is 10.1 Å². The van der Waals surface area contributed by atoms with E-state index in [2.05, 4.69) is 10.3 Å². The fourth-order valence-corrected chi connectivity index (χ4v) is 3.52. The first-order chi connectivity index (χ1) is 12.1. The molecule has 0 saturated heterocycles. The van der Waals surface area contributed by atoms with Gasteiger partial charge in [0.15, 0.2) is 0 Å². The normalized spacial score (nSPS) is 11.5. The predicted molar refractivity (Wildman–Crippen MR) is 100 cm³/mol. The molecule has 0 atom stereocenters. The van der Waals surface area contributed by atoms with E-state index < -0.39 is 15.9 Å². The Kier molecular flexibility index (Phi) is 6.22. The highest BCUT2D eigenvalue weighted by Crippen LogP contribution is 2.29. The number of amides is 1. The van der Waals surface area contributed by atoms with Crippen LogP contribution in [0.4, 0.5) is 5.69 Å². The van der Waals surface area contributed by atoms with Gasteiger partial charge in [0.25, 0.3) is 5.91 Å². The second-order valence-electron chi connectivity index (χ2n) is 5.66. The molecule has 1 aromatic heterocycles. The van der Waals surface area contributed by atoms with Crippen molar-refractivity contribution >= 4 is 33.2 Å². The van der Waals surface area contributed by atoms with Crippen molar-refractivity contribution in [2.24, 2.45) is 0 Å². The Bertz CT molecular complexity index is 909. The van der Waals surface area contributed by atoms with E-state index >= 15 is 0 Å². The van der Waals surface area contributed by atoms with Crippen molar-refractivity contribution in [3.05, 3.63) is 46.7 Å². The molecule has 0 spiro atoms. The average molecular weight is 398 g/mol. The Morgan fingerprint density at radius 3 is 2.54 bits per heavy atom. The summed E-state index contributed by atoms with van der Waals surface area (Å²) in [5.41, 5.74) is 1.25. The lowest BCUT2D eigenvalue weighted by molar-refractivity contribution is 0.102. The van der Waals surface area contributed by atoms with Gasteiger partial charge in [0, 0.05) is 31.0 Å². The highest BCUT2D eigenvalue weighted by Gasteiger charge is 2.23. The van der Waals surface area contributed by atoms with Crippen LogP contribution in [-0.4, -0.2) is 44.3 Å². The van der Waals surface area contributed by atoms with E-state index in [-0.39, 0.29) is 15.8 Å². The quantitative estimate of drug-likeness (QED) is 0.757. The number of anilines is 1. The van der Waals surface area contributed by atoms with Gasteiger partial charge < -0.3 is 10.1 Å². The second-order valence-corrected chi connectivity index (χ2v) is 8.16. The molecule has 2 aromatic rings. The zero-order valence-corrected chi connectivity index (χ0v) is 16.5. The zero-order valence-electron chi connectivity index (χ0n) is 14.9. The van der Waals surface area contributed by atoms with Gasteiger partial charge in [-0.3, -0.25) is 4.79 Å². The summed E-state index contributed by atoms with van der Waals surface area (Å²) >= 11 is 5.88. The largest absolute Gasteiger partial charge is 0.492 e. The van der Waals surface area contributed by atoms with E-state index in [9.17, 15) is 13.2 Å². The number of hydrogen-bond donors (Lipinski definition) is 1. The lowest BCUT2D eigenvalue weighted by Gasteiger charge is -2.16. The second kappa shape index (κ2) is 8.03. The molecular weight excluding hydrogens is 378 g/mol. The number of rotatable bonds is 6. The van der Waals surface area contributed by atoms with Crippen LogP contribution in [0.15, 0.2) is 35.2 Å². The molecule has 1 N–H and O–H groups in total. The number of ether oxygens (including phenoxy) is 1. The number of benzene rings is 1. The standard InChI is InChI=1S/C17H20ClN3O4S/c1-5-25-14-7-6-13(10-15(14)26(23,24)21(3)4)20-17(22)12-8-11(2)19-16(18)9-12/h6-10H,5H2,1-4H3,(H,20,22). The summed E-state index contributed by atoms with van der Waals surface area (Å²) in [6.07, 6.45) is 0. The summed E-state index contributed by atoms with van der Waals surface area (Å²) in [7, 11) is -0.883. The van der Waals surface area contributed by atoms with E-state index in [1.807, 2.05) is 0 Å². The van der Waals surface area contributed by atoms with Crippen LogP contribution in [-0.2, 0) is 10.0 Å². The molecule has 7 nitrogen and oxygen atoms in total. The summed E-state index contributed by atoms with van der Waals surface area (Å²) < 4.78 is 31.6. The number of aryl methyl sites for hydroxylation is 1. The van der Waals surface area contributed by atoms with Crippen LogP contribution in [0.25, 0.3) is 0 Å². The molecule has 1 heterocycles. The van der Waals surface area contributed by atoms with Crippen molar-refractivity contribution in [2.45, 2.75) is 18.7 Å². The van der Waals surface area contributed by atoms with Gasteiger partial charge in [-0.15, -0.1) is 0 Å². The SMILES string of the molecule is CCOc1ccc(NC(=O)c2cc(C)nc(Cl)c2)cc1S(=O)(=O)N(C)C. The number of nitrogens with one attached hydrogen (secondary N) is 1. The van der Waals surface area contributed by atoms with Crippen molar-refractivity contribution in [3.63, 3.8) is 0 Å². The van der Waals surface area contributed by atoms with Gasteiger partial charge >= 0.3 is 0 Å². The number of sulfonamides is 1. The van der Waals surface area contributed by atoms with Gasteiger partial charge in [-0.1, -0.05) is 11.6 Å². The monoisotopic (exact) mass is 397 g/mol. The van der Waals surface area contributed by atoms with Crippen molar-refractivity contribution in [2.75, 3.05) is 26.0 Å². The van der Waals surface area contributed by atoms with E-state index in [4.69, 9.17) is 16.3 Å². The molecule has 0 bridgehead atoms. The molecule has 26 heavy (non-hydrogen) atoms. The van der Waals surface area contributed by atoms with Crippen LogP contribution in [0.1, 0.15) is 23.0 Å². The van der Waals surface area contributed by atoms with Crippen molar-refractivity contribution in [3.8, 4) is 5.75 Å². The van der Waals surface area contributed by atoms with E-state index in [1.54, 1.807) is 26.0 Å². The summed E-state index contributed by atoms with van der Waals surface area (Å²) in [4.78, 5) is 16.4. The zero-order chi connectivity index (χ0) is 19.5. The van der Waals surface area contributed by atoms with E-state index in [0.29, 0.717) is 23.6 Å². The van der Waals surface area contributed by atoms with Crippen LogP contribution in [0.3, 0.4) is 0 Å². The number of pyridine rings is 1. The predicted octanol–water partition coefficient (Wildman–Crippen LogP) is 2.94. The van der Waals surface area contributed by atoms with Gasteiger partial charge in [0.05, 0.1) is 6.61 Å². The maximum Gasteiger partial charge on any atom is 0.255 e. The number of hydrogen-bond acceptors (Lipinski definition) is 5.